The molecule has 0 amide bonds. The molecular weight excluding hydrogens is 627 g/mol. The monoisotopic (exact) mass is 698 g/mol. The number of allylic oxidation sites excluding steroid dienone is 6. The van der Waals surface area contributed by atoms with Crippen molar-refractivity contribution in [1.29, 1.82) is 0 Å². The van der Waals surface area contributed by atoms with Crippen LogP contribution in [0.4, 0.5) is 0 Å². The van der Waals surface area contributed by atoms with Crippen molar-refractivity contribution >= 4 is 19.8 Å². The summed E-state index contributed by atoms with van der Waals surface area (Å²) in [7, 11) is -4.75. The third kappa shape index (κ3) is 37.1. The average Bonchev–Trinajstić information content (AvgIpc) is 3.05. The van der Waals surface area contributed by atoms with Crippen LogP contribution in [0.1, 0.15) is 181 Å². The van der Waals surface area contributed by atoms with Gasteiger partial charge in [-0.2, -0.15) is 0 Å². The normalized spacial score (nSPS) is 12.8. The van der Waals surface area contributed by atoms with Crippen molar-refractivity contribution in [3.05, 3.63) is 36.5 Å². The molecule has 0 spiro atoms. The zero-order valence-electron chi connectivity index (χ0n) is 30.6. The first-order valence-corrected chi connectivity index (χ1v) is 20.8. The zero-order valence-corrected chi connectivity index (χ0v) is 31.5. The van der Waals surface area contributed by atoms with Crippen molar-refractivity contribution in [1.82, 2.24) is 0 Å². The lowest BCUT2D eigenvalue weighted by atomic mass is 10.0. The lowest BCUT2D eigenvalue weighted by Crippen LogP contribution is -2.29. The van der Waals surface area contributed by atoms with Crippen LogP contribution in [0.25, 0.3) is 0 Å². The van der Waals surface area contributed by atoms with Crippen molar-refractivity contribution in [3.8, 4) is 0 Å². The number of rotatable bonds is 35. The number of hydrogen-bond acceptors (Lipinski definition) is 6. The molecular formula is C39H71O8P. The van der Waals surface area contributed by atoms with Gasteiger partial charge in [0.15, 0.2) is 6.10 Å². The Kier molecular flexibility index (Phi) is 33.8. The second-order valence-corrected chi connectivity index (χ2v) is 14.1. The summed E-state index contributed by atoms with van der Waals surface area (Å²) in [4.78, 5) is 42.7. The molecule has 9 heteroatoms. The highest BCUT2D eigenvalue weighted by Crippen LogP contribution is 2.36. The highest BCUT2D eigenvalue weighted by molar-refractivity contribution is 7.46. The molecule has 8 nitrogen and oxygen atoms in total. The molecule has 0 aliphatic rings. The third-order valence-electron chi connectivity index (χ3n) is 8.17. The number of unbranched alkanes of at least 4 members (excludes halogenated alkanes) is 19. The van der Waals surface area contributed by atoms with Gasteiger partial charge in [0.1, 0.15) is 6.61 Å². The Morgan fingerprint density at radius 2 is 1.00 bits per heavy atom. The van der Waals surface area contributed by atoms with E-state index in [4.69, 9.17) is 19.3 Å². The maximum atomic E-state index is 12.4. The quantitative estimate of drug-likeness (QED) is 0.0290. The van der Waals surface area contributed by atoms with Crippen LogP contribution in [0.5, 0.6) is 0 Å². The minimum absolute atomic E-state index is 0.194. The molecule has 0 heterocycles. The van der Waals surface area contributed by atoms with Gasteiger partial charge < -0.3 is 19.3 Å². The molecule has 0 bridgehead atoms. The van der Waals surface area contributed by atoms with Gasteiger partial charge in [-0.15, -0.1) is 0 Å². The van der Waals surface area contributed by atoms with Crippen LogP contribution in [0.2, 0.25) is 0 Å². The van der Waals surface area contributed by atoms with Crippen LogP contribution in [0.15, 0.2) is 36.5 Å². The molecule has 0 aliphatic heterocycles. The number of ether oxygens (including phenoxy) is 2. The van der Waals surface area contributed by atoms with Gasteiger partial charge >= 0.3 is 19.8 Å². The van der Waals surface area contributed by atoms with E-state index >= 15 is 0 Å². The summed E-state index contributed by atoms with van der Waals surface area (Å²) >= 11 is 0. The van der Waals surface area contributed by atoms with Gasteiger partial charge in [0, 0.05) is 12.8 Å². The standard InChI is InChI=1S/C39H71O8P/c1-3-5-7-9-11-13-15-17-19-21-23-25-27-29-31-33-38(40)45-35-37(36-46-48(42,43)44)47-39(41)34-32-30-28-26-24-22-20-18-16-14-12-10-8-6-4-2/h6,8,12,14,18,20,37H,3-5,7,9-11,13,15-17,19,21-36H2,1-2H3,(H2,42,43,44)/b8-6-,14-12-,20-18-. The predicted octanol–water partition coefficient (Wildman–Crippen LogP) is 11.4. The van der Waals surface area contributed by atoms with Crippen LogP contribution >= 0.6 is 7.82 Å². The minimum atomic E-state index is -4.75. The second-order valence-electron chi connectivity index (χ2n) is 12.9. The molecule has 1 atom stereocenters. The maximum absolute atomic E-state index is 12.4. The number of hydrogen-bond donors (Lipinski definition) is 2. The van der Waals surface area contributed by atoms with E-state index in [9.17, 15) is 14.2 Å². The topological polar surface area (TPSA) is 119 Å². The summed E-state index contributed by atoms with van der Waals surface area (Å²) in [5, 5.41) is 0. The van der Waals surface area contributed by atoms with E-state index < -0.39 is 32.5 Å². The van der Waals surface area contributed by atoms with Gasteiger partial charge in [0.2, 0.25) is 0 Å². The van der Waals surface area contributed by atoms with Crippen molar-refractivity contribution in [2.24, 2.45) is 0 Å². The van der Waals surface area contributed by atoms with Crippen LogP contribution in [0, 0.1) is 0 Å². The molecule has 0 saturated carbocycles. The molecule has 0 aliphatic carbocycles. The molecule has 2 N–H and O–H groups in total. The van der Waals surface area contributed by atoms with Crippen molar-refractivity contribution < 1.29 is 37.9 Å². The first kappa shape index (κ1) is 46.3. The van der Waals surface area contributed by atoms with Gasteiger partial charge in [-0.1, -0.05) is 159 Å². The van der Waals surface area contributed by atoms with Crippen molar-refractivity contribution in [2.45, 2.75) is 187 Å². The molecule has 0 saturated heterocycles. The number of esters is 2. The summed E-state index contributed by atoms with van der Waals surface area (Å²) in [6, 6.07) is 0. The molecule has 0 aromatic rings. The minimum Gasteiger partial charge on any atom is -0.462 e. The Hall–Kier alpha value is -1.73. The summed E-state index contributed by atoms with van der Waals surface area (Å²) in [5.74, 6) is -0.901. The fraction of sp³-hybridized carbons (Fsp3) is 0.795. The highest BCUT2D eigenvalue weighted by atomic mass is 31.2. The lowest BCUT2D eigenvalue weighted by Gasteiger charge is -2.18. The van der Waals surface area contributed by atoms with Gasteiger partial charge in [0.25, 0.3) is 0 Å². The van der Waals surface area contributed by atoms with Crippen molar-refractivity contribution in [2.75, 3.05) is 13.2 Å². The largest absolute Gasteiger partial charge is 0.469 e. The maximum Gasteiger partial charge on any atom is 0.469 e. The summed E-state index contributed by atoms with van der Waals surface area (Å²) in [6.07, 6.45) is 40.0. The molecule has 1 unspecified atom stereocenters. The molecule has 0 aromatic heterocycles. The summed E-state index contributed by atoms with van der Waals surface area (Å²) in [6.45, 7) is 3.56. The molecule has 0 rings (SSSR count). The van der Waals surface area contributed by atoms with E-state index in [0.717, 1.165) is 70.6 Å². The fourth-order valence-electron chi connectivity index (χ4n) is 5.33. The van der Waals surface area contributed by atoms with Crippen LogP contribution < -0.4 is 0 Å². The molecule has 0 fully saturated rings. The smallest absolute Gasteiger partial charge is 0.462 e. The van der Waals surface area contributed by atoms with Crippen molar-refractivity contribution in [3.63, 3.8) is 0 Å². The highest BCUT2D eigenvalue weighted by Gasteiger charge is 2.22. The molecule has 48 heavy (non-hydrogen) atoms. The third-order valence-corrected chi connectivity index (χ3v) is 8.66. The zero-order chi connectivity index (χ0) is 35.4. The van der Waals surface area contributed by atoms with E-state index in [0.29, 0.717) is 6.42 Å². The molecule has 280 valence electrons. The van der Waals surface area contributed by atoms with Crippen LogP contribution in [-0.4, -0.2) is 41.0 Å². The summed E-state index contributed by atoms with van der Waals surface area (Å²) < 4.78 is 26.3. The molecule has 0 radical (unpaired) electrons. The number of phosphoric acid groups is 1. The Balaban J connectivity index is 3.97. The van der Waals surface area contributed by atoms with Crippen LogP contribution in [0.3, 0.4) is 0 Å². The lowest BCUT2D eigenvalue weighted by molar-refractivity contribution is -0.161. The van der Waals surface area contributed by atoms with Gasteiger partial charge in [-0.3, -0.25) is 14.1 Å². The molecule has 0 aromatic carbocycles. The first-order valence-electron chi connectivity index (χ1n) is 19.3. The SMILES string of the molecule is CC/C=C\C/C=C\C/C=C\CCCCCCCC(=O)OC(COC(=O)CCCCCCCCCCCCCCCCC)COP(=O)(O)O. The van der Waals surface area contributed by atoms with Gasteiger partial charge in [-0.05, 0) is 44.9 Å². The van der Waals surface area contributed by atoms with E-state index in [2.05, 4.69) is 54.8 Å². The van der Waals surface area contributed by atoms with Crippen LogP contribution in [-0.2, 0) is 28.2 Å². The van der Waals surface area contributed by atoms with E-state index in [1.165, 1.54) is 77.0 Å². The fourth-order valence-corrected chi connectivity index (χ4v) is 5.69. The van der Waals surface area contributed by atoms with Gasteiger partial charge in [0.05, 0.1) is 6.61 Å². The van der Waals surface area contributed by atoms with Gasteiger partial charge in [-0.25, -0.2) is 4.57 Å². The first-order chi connectivity index (χ1) is 23.3. The number of phosphoric ester groups is 1. The number of carbonyl (C=O) groups is 2. The van der Waals surface area contributed by atoms with E-state index in [1.807, 2.05) is 0 Å². The Labute approximate surface area is 293 Å². The Morgan fingerprint density at radius 3 is 1.50 bits per heavy atom. The Morgan fingerprint density at radius 1 is 0.562 bits per heavy atom. The second kappa shape index (κ2) is 35.1. The number of carbonyl (C=O) groups excluding carboxylic acids is 2. The van der Waals surface area contributed by atoms with E-state index in [1.54, 1.807) is 0 Å². The average molecular weight is 699 g/mol. The predicted molar refractivity (Wildman–Crippen MR) is 198 cm³/mol. The Bertz CT molecular complexity index is 879. The van der Waals surface area contributed by atoms with E-state index in [-0.39, 0.29) is 19.4 Å². The summed E-state index contributed by atoms with van der Waals surface area (Å²) in [5.41, 5.74) is 0.